The Labute approximate surface area is 89.9 Å². The number of aliphatic hydroxyl groups excluding tert-OH is 1. The maximum absolute atomic E-state index is 13.2. The van der Waals surface area contributed by atoms with Crippen molar-refractivity contribution in [3.8, 4) is 0 Å². The van der Waals surface area contributed by atoms with Gasteiger partial charge in [-0.15, -0.1) is 0 Å². The normalized spacial score (nSPS) is 28.6. The Kier molecular flexibility index (Phi) is 2.34. The van der Waals surface area contributed by atoms with Gasteiger partial charge in [0.1, 0.15) is 5.82 Å². The molecule has 2 unspecified atom stereocenters. The van der Waals surface area contributed by atoms with E-state index in [0.29, 0.717) is 6.42 Å². The van der Waals surface area contributed by atoms with Gasteiger partial charge in [-0.05, 0) is 35.1 Å². The molecule has 0 amide bonds. The van der Waals surface area contributed by atoms with Crippen molar-refractivity contribution in [1.82, 2.24) is 0 Å². The lowest BCUT2D eigenvalue weighted by Gasteiger charge is -2.39. The van der Waals surface area contributed by atoms with Crippen LogP contribution in [0.4, 0.5) is 4.39 Å². The molecule has 0 bridgehead atoms. The molecule has 0 spiro atoms. The Hall–Kier alpha value is -0.890. The van der Waals surface area contributed by atoms with Crippen molar-refractivity contribution in [2.45, 2.75) is 44.6 Å². The molecule has 1 aliphatic rings. The van der Waals surface area contributed by atoms with Crippen molar-refractivity contribution in [3.05, 3.63) is 35.1 Å². The first kappa shape index (κ1) is 10.6. The summed E-state index contributed by atoms with van der Waals surface area (Å²) in [6.07, 6.45) is 0.378. The second-order valence-corrected chi connectivity index (χ2v) is 5.18. The second-order valence-electron chi connectivity index (χ2n) is 5.18. The molecule has 82 valence electrons. The number of aliphatic hydroxyl groups is 1. The minimum atomic E-state index is -0.321. The van der Waals surface area contributed by atoms with Crippen LogP contribution in [0.5, 0.6) is 0 Å². The van der Waals surface area contributed by atoms with Crippen molar-refractivity contribution < 1.29 is 9.50 Å². The van der Waals surface area contributed by atoms with Crippen LogP contribution < -0.4 is 0 Å². The monoisotopic (exact) mass is 208 g/mol. The van der Waals surface area contributed by atoms with Gasteiger partial charge in [-0.1, -0.05) is 26.8 Å². The van der Waals surface area contributed by atoms with Crippen LogP contribution in [0.25, 0.3) is 0 Å². The fraction of sp³-hybridized carbons (Fsp3) is 0.538. The van der Waals surface area contributed by atoms with E-state index >= 15 is 0 Å². The first-order valence-corrected chi connectivity index (χ1v) is 5.40. The van der Waals surface area contributed by atoms with E-state index in [0.717, 1.165) is 11.1 Å². The van der Waals surface area contributed by atoms with Crippen molar-refractivity contribution in [2.75, 3.05) is 0 Å². The summed E-state index contributed by atoms with van der Waals surface area (Å²) in [6, 6.07) is 4.89. The summed E-state index contributed by atoms with van der Waals surface area (Å²) >= 11 is 0. The highest BCUT2D eigenvalue weighted by atomic mass is 19.1. The van der Waals surface area contributed by atoms with E-state index in [4.69, 9.17) is 0 Å². The molecule has 0 heterocycles. The summed E-state index contributed by atoms with van der Waals surface area (Å²) < 4.78 is 13.2. The zero-order valence-corrected chi connectivity index (χ0v) is 9.42. The predicted octanol–water partition coefficient (Wildman–Crippen LogP) is 2.97. The van der Waals surface area contributed by atoms with Crippen molar-refractivity contribution in [2.24, 2.45) is 0 Å². The minimum Gasteiger partial charge on any atom is -0.392 e. The number of hydrogen-bond donors (Lipinski definition) is 1. The lowest BCUT2D eigenvalue weighted by Crippen LogP contribution is -2.35. The van der Waals surface area contributed by atoms with Crippen molar-refractivity contribution in [1.29, 1.82) is 0 Å². The maximum Gasteiger partial charge on any atom is 0.123 e. The maximum atomic E-state index is 13.2. The van der Waals surface area contributed by atoms with Crippen molar-refractivity contribution in [3.63, 3.8) is 0 Å². The Morgan fingerprint density at radius 2 is 2.07 bits per heavy atom. The molecule has 2 atom stereocenters. The Balaban J connectivity index is 2.59. The second kappa shape index (κ2) is 3.31. The van der Waals surface area contributed by atoms with Gasteiger partial charge >= 0.3 is 0 Å². The molecule has 1 N–H and O–H groups in total. The molecule has 0 saturated carbocycles. The fourth-order valence-electron chi connectivity index (χ4n) is 2.53. The third-order valence-corrected chi connectivity index (χ3v) is 3.53. The summed E-state index contributed by atoms with van der Waals surface area (Å²) in [5.74, 6) is -0.0842. The van der Waals surface area contributed by atoms with Gasteiger partial charge in [-0.25, -0.2) is 4.39 Å². The van der Waals surface area contributed by atoms with Gasteiger partial charge in [0.2, 0.25) is 0 Å². The van der Waals surface area contributed by atoms with Gasteiger partial charge in [0, 0.05) is 5.92 Å². The molecule has 0 aromatic heterocycles. The molecular weight excluding hydrogens is 191 g/mol. The highest BCUT2D eigenvalue weighted by Crippen LogP contribution is 2.42. The number of halogens is 1. The summed E-state index contributed by atoms with van der Waals surface area (Å²) in [4.78, 5) is 0. The Bertz CT molecular complexity index is 384. The molecular formula is C13H17FO. The molecule has 0 radical (unpaired) electrons. The van der Waals surface area contributed by atoms with Crippen LogP contribution in [0.1, 0.15) is 44.2 Å². The van der Waals surface area contributed by atoms with Crippen LogP contribution in [0, 0.1) is 5.82 Å². The Morgan fingerprint density at radius 1 is 1.40 bits per heavy atom. The zero-order chi connectivity index (χ0) is 11.2. The Morgan fingerprint density at radius 3 is 2.73 bits per heavy atom. The molecule has 2 rings (SSSR count). The number of hydrogen-bond acceptors (Lipinski definition) is 1. The highest BCUT2D eigenvalue weighted by Gasteiger charge is 2.36. The van der Waals surface area contributed by atoms with Crippen LogP contribution in [0.3, 0.4) is 0 Å². The average molecular weight is 208 g/mol. The van der Waals surface area contributed by atoms with Crippen LogP contribution in [0.15, 0.2) is 18.2 Å². The van der Waals surface area contributed by atoms with Crippen LogP contribution >= 0.6 is 0 Å². The fourth-order valence-corrected chi connectivity index (χ4v) is 2.53. The first-order valence-electron chi connectivity index (χ1n) is 5.40. The average Bonchev–Trinajstić information content (AvgIpc) is 2.14. The quantitative estimate of drug-likeness (QED) is 0.695. The van der Waals surface area contributed by atoms with Crippen molar-refractivity contribution >= 4 is 0 Å². The third-order valence-electron chi connectivity index (χ3n) is 3.53. The van der Waals surface area contributed by atoms with Crippen LogP contribution in [-0.2, 0) is 5.41 Å². The standard InChI is InChI=1S/C13H17FO/c1-8-10-5-4-9(14)6-11(10)13(2,3)7-12(8)15/h4-6,8,12,15H,7H2,1-3H3. The smallest absolute Gasteiger partial charge is 0.123 e. The van der Waals surface area contributed by atoms with E-state index in [1.165, 1.54) is 6.07 Å². The number of fused-ring (bicyclic) bond motifs is 1. The molecule has 0 saturated heterocycles. The largest absolute Gasteiger partial charge is 0.392 e. The van der Waals surface area contributed by atoms with E-state index in [9.17, 15) is 9.50 Å². The lowest BCUT2D eigenvalue weighted by molar-refractivity contribution is 0.103. The van der Waals surface area contributed by atoms with Gasteiger partial charge in [0.15, 0.2) is 0 Å². The lowest BCUT2D eigenvalue weighted by atomic mass is 9.68. The molecule has 0 fully saturated rings. The van der Waals surface area contributed by atoms with E-state index < -0.39 is 0 Å². The molecule has 15 heavy (non-hydrogen) atoms. The number of benzene rings is 1. The van der Waals surface area contributed by atoms with E-state index in [2.05, 4.69) is 13.8 Å². The highest BCUT2D eigenvalue weighted by molar-refractivity contribution is 5.39. The predicted molar refractivity (Wildman–Crippen MR) is 58.5 cm³/mol. The molecule has 1 aromatic carbocycles. The van der Waals surface area contributed by atoms with Gasteiger partial charge < -0.3 is 5.11 Å². The minimum absolute atomic E-state index is 0.105. The summed E-state index contributed by atoms with van der Waals surface area (Å²) in [6.45, 7) is 6.11. The van der Waals surface area contributed by atoms with Gasteiger partial charge in [-0.2, -0.15) is 0 Å². The first-order chi connectivity index (χ1) is 6.92. The van der Waals surface area contributed by atoms with Gasteiger partial charge in [0.25, 0.3) is 0 Å². The molecule has 1 nitrogen and oxygen atoms in total. The van der Waals surface area contributed by atoms with E-state index in [1.54, 1.807) is 12.1 Å². The van der Waals surface area contributed by atoms with Crippen LogP contribution in [-0.4, -0.2) is 11.2 Å². The summed E-state index contributed by atoms with van der Waals surface area (Å²) in [5.41, 5.74) is 1.99. The van der Waals surface area contributed by atoms with Gasteiger partial charge in [0.05, 0.1) is 6.10 Å². The SMILES string of the molecule is CC1c2ccc(F)cc2C(C)(C)CC1O. The summed E-state index contributed by atoms with van der Waals surface area (Å²) in [5, 5.41) is 9.94. The molecule has 1 aliphatic carbocycles. The van der Waals surface area contributed by atoms with Gasteiger partial charge in [-0.3, -0.25) is 0 Å². The van der Waals surface area contributed by atoms with Crippen LogP contribution in [0.2, 0.25) is 0 Å². The molecule has 2 heteroatoms. The third kappa shape index (κ3) is 1.67. The molecule has 0 aliphatic heterocycles. The zero-order valence-electron chi connectivity index (χ0n) is 9.42. The summed E-state index contributed by atoms with van der Waals surface area (Å²) in [7, 11) is 0. The topological polar surface area (TPSA) is 20.2 Å². The van der Waals surface area contributed by atoms with E-state index in [-0.39, 0.29) is 23.3 Å². The number of rotatable bonds is 0. The van der Waals surface area contributed by atoms with E-state index in [1.807, 2.05) is 6.92 Å². The molecule has 1 aromatic rings.